The van der Waals surface area contributed by atoms with Gasteiger partial charge in [-0.1, -0.05) is 26.8 Å². The number of carbonyl (C=O) groups is 1. The van der Waals surface area contributed by atoms with Gasteiger partial charge in [-0.2, -0.15) is 0 Å². The average molecular weight is 273 g/mol. The SMILES string of the molecule is Cc1nc2ccc(CCNC(=O)CC(C)(C)C)cc2[nH]1. The molecule has 0 saturated heterocycles. The van der Waals surface area contributed by atoms with Gasteiger partial charge in [0.2, 0.25) is 5.91 Å². The molecule has 0 spiro atoms. The van der Waals surface area contributed by atoms with Crippen LogP contribution < -0.4 is 5.32 Å². The molecular weight excluding hydrogens is 250 g/mol. The summed E-state index contributed by atoms with van der Waals surface area (Å²) in [6.07, 6.45) is 1.40. The van der Waals surface area contributed by atoms with Crippen LogP contribution in [0.1, 0.15) is 38.6 Å². The van der Waals surface area contributed by atoms with Gasteiger partial charge >= 0.3 is 0 Å². The van der Waals surface area contributed by atoms with Crippen LogP contribution in [0.25, 0.3) is 11.0 Å². The zero-order chi connectivity index (χ0) is 14.8. The number of hydrogen-bond acceptors (Lipinski definition) is 2. The van der Waals surface area contributed by atoms with E-state index in [2.05, 4.69) is 48.2 Å². The summed E-state index contributed by atoms with van der Waals surface area (Å²) >= 11 is 0. The van der Waals surface area contributed by atoms with Crippen molar-refractivity contribution in [2.24, 2.45) is 5.41 Å². The summed E-state index contributed by atoms with van der Waals surface area (Å²) in [6, 6.07) is 6.19. The largest absolute Gasteiger partial charge is 0.356 e. The van der Waals surface area contributed by atoms with E-state index in [4.69, 9.17) is 0 Å². The van der Waals surface area contributed by atoms with Gasteiger partial charge in [0.05, 0.1) is 11.0 Å². The van der Waals surface area contributed by atoms with E-state index in [0.29, 0.717) is 13.0 Å². The van der Waals surface area contributed by atoms with Gasteiger partial charge in [-0.25, -0.2) is 4.98 Å². The summed E-state index contributed by atoms with van der Waals surface area (Å²) in [5.41, 5.74) is 3.29. The summed E-state index contributed by atoms with van der Waals surface area (Å²) in [4.78, 5) is 19.3. The van der Waals surface area contributed by atoms with Crippen LogP contribution in [-0.2, 0) is 11.2 Å². The number of rotatable bonds is 4. The van der Waals surface area contributed by atoms with Crippen LogP contribution in [0.4, 0.5) is 0 Å². The third-order valence-electron chi connectivity index (χ3n) is 3.09. The van der Waals surface area contributed by atoms with Crippen LogP contribution >= 0.6 is 0 Å². The van der Waals surface area contributed by atoms with Crippen molar-refractivity contribution in [2.75, 3.05) is 6.54 Å². The standard InChI is InChI=1S/C16H23N3O/c1-11-18-13-6-5-12(9-14(13)19-11)7-8-17-15(20)10-16(2,3)4/h5-6,9H,7-8,10H2,1-4H3,(H,17,20)(H,18,19). The van der Waals surface area contributed by atoms with E-state index in [0.717, 1.165) is 23.3 Å². The normalized spacial score (nSPS) is 11.8. The van der Waals surface area contributed by atoms with Crippen molar-refractivity contribution < 1.29 is 4.79 Å². The summed E-state index contributed by atoms with van der Waals surface area (Å²) in [5.74, 6) is 1.05. The molecule has 1 amide bonds. The molecule has 108 valence electrons. The molecule has 0 aliphatic carbocycles. The van der Waals surface area contributed by atoms with E-state index in [1.54, 1.807) is 0 Å². The van der Waals surface area contributed by atoms with Crippen molar-refractivity contribution in [3.63, 3.8) is 0 Å². The van der Waals surface area contributed by atoms with E-state index in [9.17, 15) is 4.79 Å². The van der Waals surface area contributed by atoms with Crippen molar-refractivity contribution >= 4 is 16.9 Å². The first-order valence-electron chi connectivity index (χ1n) is 7.05. The minimum Gasteiger partial charge on any atom is -0.356 e. The molecule has 20 heavy (non-hydrogen) atoms. The molecule has 0 saturated carbocycles. The second-order valence-corrected chi connectivity index (χ2v) is 6.51. The number of imidazole rings is 1. The molecule has 4 nitrogen and oxygen atoms in total. The Morgan fingerprint density at radius 3 is 2.80 bits per heavy atom. The van der Waals surface area contributed by atoms with Crippen LogP contribution in [0, 0.1) is 12.3 Å². The van der Waals surface area contributed by atoms with E-state index in [1.165, 1.54) is 5.56 Å². The van der Waals surface area contributed by atoms with Crippen molar-refractivity contribution in [1.29, 1.82) is 0 Å². The highest BCUT2D eigenvalue weighted by Gasteiger charge is 2.15. The lowest BCUT2D eigenvalue weighted by Gasteiger charge is -2.17. The maximum absolute atomic E-state index is 11.7. The fourth-order valence-electron chi connectivity index (χ4n) is 2.23. The predicted octanol–water partition coefficient (Wildman–Crippen LogP) is 2.97. The van der Waals surface area contributed by atoms with Crippen LogP contribution in [0.15, 0.2) is 18.2 Å². The number of aryl methyl sites for hydroxylation is 1. The van der Waals surface area contributed by atoms with Gasteiger partial charge in [0.15, 0.2) is 0 Å². The molecule has 0 radical (unpaired) electrons. The summed E-state index contributed by atoms with van der Waals surface area (Å²) < 4.78 is 0. The molecule has 1 heterocycles. The van der Waals surface area contributed by atoms with Gasteiger partial charge in [0.1, 0.15) is 5.82 Å². The molecule has 1 aromatic heterocycles. The maximum atomic E-state index is 11.7. The van der Waals surface area contributed by atoms with Crippen molar-refractivity contribution in [3.8, 4) is 0 Å². The lowest BCUT2D eigenvalue weighted by atomic mass is 9.92. The Morgan fingerprint density at radius 1 is 1.35 bits per heavy atom. The molecule has 4 heteroatoms. The number of aromatic nitrogens is 2. The van der Waals surface area contributed by atoms with Crippen LogP contribution in [0.5, 0.6) is 0 Å². The Kier molecular flexibility index (Phi) is 4.12. The van der Waals surface area contributed by atoms with Crippen molar-refractivity contribution in [1.82, 2.24) is 15.3 Å². The molecule has 0 unspecified atom stereocenters. The number of aromatic amines is 1. The molecule has 2 aromatic rings. The molecule has 2 N–H and O–H groups in total. The van der Waals surface area contributed by atoms with Crippen LogP contribution in [-0.4, -0.2) is 22.4 Å². The Balaban J connectivity index is 1.88. The molecule has 0 aliphatic rings. The van der Waals surface area contributed by atoms with Crippen molar-refractivity contribution in [2.45, 2.75) is 40.5 Å². The van der Waals surface area contributed by atoms with Gasteiger partial charge in [0, 0.05) is 13.0 Å². The van der Waals surface area contributed by atoms with Crippen LogP contribution in [0.2, 0.25) is 0 Å². The number of carbonyl (C=O) groups excluding carboxylic acids is 1. The number of H-pyrrole nitrogens is 1. The van der Waals surface area contributed by atoms with Gasteiger partial charge in [-0.15, -0.1) is 0 Å². The summed E-state index contributed by atoms with van der Waals surface area (Å²) in [5, 5.41) is 2.98. The smallest absolute Gasteiger partial charge is 0.220 e. The van der Waals surface area contributed by atoms with Crippen LogP contribution in [0.3, 0.4) is 0 Å². The van der Waals surface area contributed by atoms with Gasteiger partial charge in [0.25, 0.3) is 0 Å². The predicted molar refractivity (Wildman–Crippen MR) is 81.6 cm³/mol. The molecular formula is C16H23N3O. The van der Waals surface area contributed by atoms with Crippen molar-refractivity contribution in [3.05, 3.63) is 29.6 Å². The van der Waals surface area contributed by atoms with E-state index < -0.39 is 0 Å². The quantitative estimate of drug-likeness (QED) is 0.899. The molecule has 2 rings (SSSR count). The lowest BCUT2D eigenvalue weighted by Crippen LogP contribution is -2.29. The third-order valence-corrected chi connectivity index (χ3v) is 3.09. The lowest BCUT2D eigenvalue weighted by molar-refractivity contribution is -0.122. The number of hydrogen-bond donors (Lipinski definition) is 2. The Morgan fingerprint density at radius 2 is 2.10 bits per heavy atom. The minimum atomic E-state index is 0.0381. The molecule has 0 bridgehead atoms. The summed E-state index contributed by atoms with van der Waals surface area (Å²) in [6.45, 7) is 8.84. The first-order chi connectivity index (χ1) is 9.33. The topological polar surface area (TPSA) is 57.8 Å². The molecule has 0 aliphatic heterocycles. The first kappa shape index (κ1) is 14.6. The summed E-state index contributed by atoms with van der Waals surface area (Å²) in [7, 11) is 0. The maximum Gasteiger partial charge on any atom is 0.220 e. The number of nitrogens with one attached hydrogen (secondary N) is 2. The Hall–Kier alpha value is -1.84. The Bertz CT molecular complexity index is 608. The highest BCUT2D eigenvalue weighted by Crippen LogP contribution is 2.18. The van der Waals surface area contributed by atoms with E-state index >= 15 is 0 Å². The minimum absolute atomic E-state index is 0.0381. The zero-order valence-corrected chi connectivity index (χ0v) is 12.7. The molecule has 0 atom stereocenters. The number of fused-ring (bicyclic) bond motifs is 1. The second-order valence-electron chi connectivity index (χ2n) is 6.51. The van der Waals surface area contributed by atoms with Gasteiger partial charge in [-0.05, 0) is 36.5 Å². The molecule has 1 aromatic carbocycles. The second kappa shape index (κ2) is 5.65. The third kappa shape index (κ3) is 4.08. The fourth-order valence-corrected chi connectivity index (χ4v) is 2.23. The number of amides is 1. The highest BCUT2D eigenvalue weighted by atomic mass is 16.1. The number of nitrogens with zero attached hydrogens (tertiary/aromatic N) is 1. The number of benzene rings is 1. The zero-order valence-electron chi connectivity index (χ0n) is 12.7. The van der Waals surface area contributed by atoms with E-state index in [1.807, 2.05) is 13.0 Å². The van der Waals surface area contributed by atoms with Gasteiger partial charge < -0.3 is 10.3 Å². The first-order valence-corrected chi connectivity index (χ1v) is 7.05. The molecule has 0 fully saturated rings. The van der Waals surface area contributed by atoms with E-state index in [-0.39, 0.29) is 11.3 Å². The fraction of sp³-hybridized carbons (Fsp3) is 0.500. The van der Waals surface area contributed by atoms with Gasteiger partial charge in [-0.3, -0.25) is 4.79 Å². The average Bonchev–Trinajstić information content (AvgIpc) is 2.66. The monoisotopic (exact) mass is 273 g/mol. The highest BCUT2D eigenvalue weighted by molar-refractivity contribution is 5.77. The Labute approximate surface area is 120 Å².